The molecule has 0 bridgehead atoms. The molecule has 0 fully saturated rings. The van der Waals surface area contributed by atoms with Gasteiger partial charge in [0.1, 0.15) is 0 Å². The van der Waals surface area contributed by atoms with Gasteiger partial charge >= 0.3 is 0 Å². The molecule has 1 atom stereocenters. The van der Waals surface area contributed by atoms with Gasteiger partial charge in [-0.1, -0.05) is 42.5 Å². The number of aliphatic imine (C=N–C) groups is 1. The van der Waals surface area contributed by atoms with Crippen LogP contribution in [0.15, 0.2) is 59.6 Å². The van der Waals surface area contributed by atoms with Gasteiger partial charge in [0.25, 0.3) is 0 Å². The van der Waals surface area contributed by atoms with Gasteiger partial charge in [-0.3, -0.25) is 9.79 Å². The van der Waals surface area contributed by atoms with Gasteiger partial charge in [0.2, 0.25) is 5.91 Å². The van der Waals surface area contributed by atoms with Crippen LogP contribution >= 0.6 is 0 Å². The van der Waals surface area contributed by atoms with E-state index in [2.05, 4.69) is 40.0 Å². The Bertz CT molecular complexity index is 762. The topological polar surface area (TPSA) is 74.8 Å². The molecule has 0 heterocycles. The van der Waals surface area contributed by atoms with Crippen LogP contribution in [0.1, 0.15) is 37.5 Å². The molecule has 150 valence electrons. The number of hydrogen-bond acceptors (Lipinski definition) is 3. The van der Waals surface area contributed by atoms with Crippen LogP contribution < -0.4 is 16.0 Å². The van der Waals surface area contributed by atoms with Gasteiger partial charge in [-0.25, -0.2) is 0 Å². The molecule has 6 nitrogen and oxygen atoms in total. The van der Waals surface area contributed by atoms with Crippen molar-refractivity contribution in [3.63, 3.8) is 0 Å². The lowest BCUT2D eigenvalue weighted by molar-refractivity contribution is -0.114. The van der Waals surface area contributed by atoms with E-state index in [1.807, 2.05) is 42.5 Å². The Morgan fingerprint density at radius 2 is 1.89 bits per heavy atom. The summed E-state index contributed by atoms with van der Waals surface area (Å²) in [5.74, 6) is 0.660. The van der Waals surface area contributed by atoms with Crippen LogP contribution in [0, 0.1) is 0 Å². The molecule has 28 heavy (non-hydrogen) atoms. The number of carbonyl (C=O) groups excluding carboxylic acids is 1. The smallest absolute Gasteiger partial charge is 0.221 e. The number of anilines is 1. The highest BCUT2D eigenvalue weighted by molar-refractivity contribution is 5.88. The number of ether oxygens (including phenoxy) is 1. The summed E-state index contributed by atoms with van der Waals surface area (Å²) >= 11 is 0. The Morgan fingerprint density at radius 1 is 1.11 bits per heavy atom. The fourth-order valence-electron chi connectivity index (χ4n) is 2.73. The molecule has 0 aliphatic carbocycles. The van der Waals surface area contributed by atoms with Crippen molar-refractivity contribution in [1.82, 2.24) is 10.6 Å². The summed E-state index contributed by atoms with van der Waals surface area (Å²) in [7, 11) is 1.75. The summed E-state index contributed by atoms with van der Waals surface area (Å²) in [6, 6.07) is 18.0. The molecule has 6 heteroatoms. The Hall–Kier alpha value is -2.86. The maximum Gasteiger partial charge on any atom is 0.221 e. The fraction of sp³-hybridized carbons (Fsp3) is 0.364. The number of nitrogens with one attached hydrogen (secondary N) is 3. The number of hydrogen-bond donors (Lipinski definition) is 3. The minimum absolute atomic E-state index is 0.0774. The third-order valence-electron chi connectivity index (χ3n) is 4.18. The summed E-state index contributed by atoms with van der Waals surface area (Å²) in [5.41, 5.74) is 3.04. The zero-order valence-corrected chi connectivity index (χ0v) is 16.9. The third-order valence-corrected chi connectivity index (χ3v) is 4.18. The van der Waals surface area contributed by atoms with Gasteiger partial charge in [-0.2, -0.15) is 0 Å². The van der Waals surface area contributed by atoms with Crippen LogP contribution in [0.5, 0.6) is 0 Å². The first-order valence-electron chi connectivity index (χ1n) is 9.56. The summed E-state index contributed by atoms with van der Waals surface area (Å²) in [6.45, 7) is 5.64. The standard InChI is InChI=1S/C22H30N4O2/c1-17(20-10-5-4-6-11-20)28-14-8-13-24-22(23-3)25-16-19-9-7-12-21(15-19)26-18(2)27/h4-7,9-12,15,17H,8,13-14,16H2,1-3H3,(H,26,27)(H2,23,24,25). The largest absolute Gasteiger partial charge is 0.374 e. The summed E-state index contributed by atoms with van der Waals surface area (Å²) in [4.78, 5) is 15.4. The van der Waals surface area contributed by atoms with Crippen LogP contribution in [0.4, 0.5) is 5.69 Å². The molecule has 0 saturated heterocycles. The van der Waals surface area contributed by atoms with Crippen LogP contribution in [0.2, 0.25) is 0 Å². The molecule has 3 N–H and O–H groups in total. The predicted octanol–water partition coefficient (Wildman–Crippen LogP) is 3.48. The average molecular weight is 383 g/mol. The monoisotopic (exact) mass is 382 g/mol. The first-order valence-corrected chi connectivity index (χ1v) is 9.56. The second kappa shape index (κ2) is 11.8. The van der Waals surface area contributed by atoms with Crippen molar-refractivity contribution in [3.8, 4) is 0 Å². The molecule has 0 aliphatic heterocycles. The van der Waals surface area contributed by atoms with Gasteiger partial charge < -0.3 is 20.7 Å². The molecular weight excluding hydrogens is 352 g/mol. The SMILES string of the molecule is CN=C(NCCCOC(C)c1ccccc1)NCc1cccc(NC(C)=O)c1. The molecule has 0 radical (unpaired) electrons. The maximum atomic E-state index is 11.2. The van der Waals surface area contributed by atoms with E-state index in [1.54, 1.807) is 7.05 Å². The Balaban J connectivity index is 1.67. The Morgan fingerprint density at radius 3 is 2.61 bits per heavy atom. The van der Waals surface area contributed by atoms with Crippen LogP contribution in [0.25, 0.3) is 0 Å². The van der Waals surface area contributed by atoms with Crippen LogP contribution in [0.3, 0.4) is 0 Å². The van der Waals surface area contributed by atoms with Crippen molar-refractivity contribution in [3.05, 3.63) is 65.7 Å². The van der Waals surface area contributed by atoms with E-state index >= 15 is 0 Å². The summed E-state index contributed by atoms with van der Waals surface area (Å²) in [5, 5.41) is 9.36. The normalized spacial score (nSPS) is 12.3. The van der Waals surface area contributed by atoms with Gasteiger partial charge in [0.05, 0.1) is 6.10 Å². The summed E-state index contributed by atoms with van der Waals surface area (Å²) < 4.78 is 5.88. The highest BCUT2D eigenvalue weighted by atomic mass is 16.5. The maximum absolute atomic E-state index is 11.2. The van der Waals surface area contributed by atoms with Gasteiger partial charge in [-0.05, 0) is 36.6 Å². The molecule has 1 unspecified atom stereocenters. The zero-order chi connectivity index (χ0) is 20.2. The molecule has 0 aromatic heterocycles. The molecule has 0 aliphatic rings. The van der Waals surface area contributed by atoms with Gasteiger partial charge in [-0.15, -0.1) is 0 Å². The molecule has 2 aromatic rings. The number of guanidine groups is 1. The first-order chi connectivity index (χ1) is 13.6. The van der Waals surface area contributed by atoms with Gasteiger partial charge in [0.15, 0.2) is 5.96 Å². The molecule has 2 aromatic carbocycles. The van der Waals surface area contributed by atoms with E-state index in [4.69, 9.17) is 4.74 Å². The second-order valence-corrected chi connectivity index (χ2v) is 6.51. The molecule has 0 saturated carbocycles. The van der Waals surface area contributed by atoms with E-state index in [0.717, 1.165) is 30.2 Å². The van der Waals surface area contributed by atoms with Crippen LogP contribution in [-0.4, -0.2) is 32.1 Å². The quantitative estimate of drug-likeness (QED) is 0.353. The number of nitrogens with zero attached hydrogens (tertiary/aromatic N) is 1. The van der Waals surface area contributed by atoms with Crippen molar-refractivity contribution in [2.75, 3.05) is 25.5 Å². The van der Waals surface area contributed by atoms with Crippen molar-refractivity contribution < 1.29 is 9.53 Å². The molecular formula is C22H30N4O2. The molecule has 0 spiro atoms. The average Bonchev–Trinajstić information content (AvgIpc) is 2.70. The number of carbonyl (C=O) groups is 1. The van der Waals surface area contributed by atoms with Crippen molar-refractivity contribution >= 4 is 17.6 Å². The highest BCUT2D eigenvalue weighted by Gasteiger charge is 2.05. The second-order valence-electron chi connectivity index (χ2n) is 6.51. The lowest BCUT2D eigenvalue weighted by Gasteiger charge is -2.15. The minimum atomic E-state index is -0.0774. The van der Waals surface area contributed by atoms with Crippen molar-refractivity contribution in [2.45, 2.75) is 32.9 Å². The van der Waals surface area contributed by atoms with E-state index < -0.39 is 0 Å². The molecule has 1 amide bonds. The van der Waals surface area contributed by atoms with E-state index in [-0.39, 0.29) is 12.0 Å². The Labute approximate surface area is 167 Å². The molecule has 2 rings (SSSR count). The predicted molar refractivity (Wildman–Crippen MR) is 114 cm³/mol. The fourth-order valence-corrected chi connectivity index (χ4v) is 2.73. The van der Waals surface area contributed by atoms with Crippen molar-refractivity contribution in [2.24, 2.45) is 4.99 Å². The number of benzene rings is 2. The Kier molecular flexibility index (Phi) is 9.01. The zero-order valence-electron chi connectivity index (χ0n) is 16.9. The van der Waals surface area contributed by atoms with E-state index in [0.29, 0.717) is 13.2 Å². The third kappa shape index (κ3) is 7.80. The van der Waals surface area contributed by atoms with Gasteiger partial charge in [0, 0.05) is 39.4 Å². The number of amides is 1. The lowest BCUT2D eigenvalue weighted by Crippen LogP contribution is -2.37. The summed E-state index contributed by atoms with van der Waals surface area (Å²) in [6.07, 6.45) is 0.977. The van der Waals surface area contributed by atoms with E-state index in [1.165, 1.54) is 12.5 Å². The number of rotatable bonds is 9. The van der Waals surface area contributed by atoms with E-state index in [9.17, 15) is 4.79 Å². The van der Waals surface area contributed by atoms with Crippen LogP contribution in [-0.2, 0) is 16.1 Å². The lowest BCUT2D eigenvalue weighted by atomic mass is 10.1. The minimum Gasteiger partial charge on any atom is -0.374 e. The first kappa shape index (κ1) is 21.4. The van der Waals surface area contributed by atoms with Crippen molar-refractivity contribution in [1.29, 1.82) is 0 Å². The highest BCUT2D eigenvalue weighted by Crippen LogP contribution is 2.15.